The molecule has 4 nitrogen and oxygen atoms in total. The Morgan fingerprint density at radius 1 is 1.56 bits per heavy atom. The van der Waals surface area contributed by atoms with E-state index in [1.165, 1.54) is 0 Å². The SMILES string of the molecule is CCCN(C(=O)OCC(C)C)C1CCNC1. The zero-order chi connectivity index (χ0) is 12.0. The number of ether oxygens (including phenoxy) is 1. The molecule has 1 unspecified atom stereocenters. The summed E-state index contributed by atoms with van der Waals surface area (Å²) in [6, 6.07) is 0.319. The van der Waals surface area contributed by atoms with Crippen LogP contribution in [0.4, 0.5) is 4.79 Å². The van der Waals surface area contributed by atoms with E-state index in [-0.39, 0.29) is 6.09 Å². The van der Waals surface area contributed by atoms with Gasteiger partial charge in [-0.25, -0.2) is 4.79 Å². The summed E-state index contributed by atoms with van der Waals surface area (Å²) >= 11 is 0. The van der Waals surface area contributed by atoms with Crippen molar-refractivity contribution in [1.29, 1.82) is 0 Å². The topological polar surface area (TPSA) is 41.6 Å². The zero-order valence-electron chi connectivity index (χ0n) is 10.7. The van der Waals surface area contributed by atoms with Gasteiger partial charge in [0.2, 0.25) is 0 Å². The highest BCUT2D eigenvalue weighted by Crippen LogP contribution is 2.11. The molecule has 16 heavy (non-hydrogen) atoms. The fourth-order valence-electron chi connectivity index (χ4n) is 1.89. The Hall–Kier alpha value is -0.770. The van der Waals surface area contributed by atoms with Gasteiger partial charge in [-0.1, -0.05) is 20.8 Å². The lowest BCUT2D eigenvalue weighted by atomic mass is 10.2. The highest BCUT2D eigenvalue weighted by Gasteiger charge is 2.26. The van der Waals surface area contributed by atoms with Crippen LogP contribution in [0.1, 0.15) is 33.6 Å². The lowest BCUT2D eigenvalue weighted by Crippen LogP contribution is -2.42. The quantitative estimate of drug-likeness (QED) is 0.781. The third kappa shape index (κ3) is 4.00. The highest BCUT2D eigenvalue weighted by atomic mass is 16.6. The molecule has 4 heteroatoms. The van der Waals surface area contributed by atoms with E-state index in [4.69, 9.17) is 4.74 Å². The van der Waals surface area contributed by atoms with Crippen molar-refractivity contribution in [3.63, 3.8) is 0 Å². The Labute approximate surface area is 98.3 Å². The molecule has 0 radical (unpaired) electrons. The number of carbonyl (C=O) groups is 1. The molecule has 1 atom stereocenters. The number of amides is 1. The van der Waals surface area contributed by atoms with E-state index in [1.807, 2.05) is 4.90 Å². The van der Waals surface area contributed by atoms with Gasteiger partial charge in [-0.3, -0.25) is 0 Å². The van der Waals surface area contributed by atoms with Crippen LogP contribution in [-0.2, 0) is 4.74 Å². The normalized spacial score (nSPS) is 20.1. The Balaban J connectivity index is 2.44. The molecule has 0 aromatic rings. The van der Waals surface area contributed by atoms with Crippen molar-refractivity contribution in [3.05, 3.63) is 0 Å². The van der Waals surface area contributed by atoms with Crippen LogP contribution in [0.5, 0.6) is 0 Å². The maximum absolute atomic E-state index is 11.9. The van der Waals surface area contributed by atoms with Crippen molar-refractivity contribution in [1.82, 2.24) is 10.2 Å². The fraction of sp³-hybridized carbons (Fsp3) is 0.917. The number of rotatable bonds is 5. The molecule has 1 saturated heterocycles. The second-order valence-corrected chi connectivity index (χ2v) is 4.81. The molecular formula is C12H24N2O2. The summed E-state index contributed by atoms with van der Waals surface area (Å²) in [7, 11) is 0. The summed E-state index contributed by atoms with van der Waals surface area (Å²) in [6.07, 6.45) is 1.87. The van der Waals surface area contributed by atoms with Crippen LogP contribution < -0.4 is 5.32 Å². The van der Waals surface area contributed by atoms with Crippen LogP contribution in [0.3, 0.4) is 0 Å². The van der Waals surface area contributed by atoms with Crippen LogP contribution >= 0.6 is 0 Å². The van der Waals surface area contributed by atoms with Crippen molar-refractivity contribution in [2.24, 2.45) is 5.92 Å². The molecule has 1 fully saturated rings. The van der Waals surface area contributed by atoms with Gasteiger partial charge in [0.25, 0.3) is 0 Å². The van der Waals surface area contributed by atoms with E-state index in [9.17, 15) is 4.79 Å². The van der Waals surface area contributed by atoms with Gasteiger partial charge in [-0.15, -0.1) is 0 Å². The first-order chi connectivity index (χ1) is 7.65. The molecule has 94 valence electrons. The van der Waals surface area contributed by atoms with Crippen LogP contribution in [0, 0.1) is 5.92 Å². The van der Waals surface area contributed by atoms with Gasteiger partial charge in [-0.2, -0.15) is 0 Å². The molecule has 0 aliphatic carbocycles. The van der Waals surface area contributed by atoms with Crippen LogP contribution in [0.15, 0.2) is 0 Å². The number of hydrogen-bond donors (Lipinski definition) is 1. The van der Waals surface area contributed by atoms with Crippen LogP contribution in [0.2, 0.25) is 0 Å². The average Bonchev–Trinajstić information content (AvgIpc) is 2.75. The molecule has 1 heterocycles. The molecule has 0 aromatic carbocycles. The highest BCUT2D eigenvalue weighted by molar-refractivity contribution is 5.68. The minimum atomic E-state index is -0.149. The Kier molecular flexibility index (Phi) is 5.60. The second-order valence-electron chi connectivity index (χ2n) is 4.81. The molecule has 1 aliphatic heterocycles. The first-order valence-corrected chi connectivity index (χ1v) is 6.29. The molecule has 1 aliphatic rings. The summed E-state index contributed by atoms with van der Waals surface area (Å²) < 4.78 is 5.29. The molecule has 0 spiro atoms. The summed E-state index contributed by atoms with van der Waals surface area (Å²) in [5, 5.41) is 3.28. The average molecular weight is 228 g/mol. The van der Waals surface area contributed by atoms with E-state index in [1.54, 1.807) is 0 Å². The Morgan fingerprint density at radius 2 is 2.31 bits per heavy atom. The Bertz CT molecular complexity index is 213. The van der Waals surface area contributed by atoms with E-state index in [0.717, 1.165) is 32.5 Å². The second kappa shape index (κ2) is 6.74. The van der Waals surface area contributed by atoms with Gasteiger partial charge in [0.1, 0.15) is 0 Å². The summed E-state index contributed by atoms with van der Waals surface area (Å²) in [5.41, 5.74) is 0. The summed E-state index contributed by atoms with van der Waals surface area (Å²) in [5.74, 6) is 0.397. The molecule has 0 aromatic heterocycles. The molecule has 1 N–H and O–H groups in total. The van der Waals surface area contributed by atoms with Crippen molar-refractivity contribution in [2.45, 2.75) is 39.7 Å². The zero-order valence-corrected chi connectivity index (χ0v) is 10.7. The molecule has 0 saturated carbocycles. The lowest BCUT2D eigenvalue weighted by molar-refractivity contribution is 0.0797. The van der Waals surface area contributed by atoms with Crippen LogP contribution in [0.25, 0.3) is 0 Å². The van der Waals surface area contributed by atoms with E-state index in [2.05, 4.69) is 26.1 Å². The van der Waals surface area contributed by atoms with Gasteiger partial charge >= 0.3 is 6.09 Å². The van der Waals surface area contributed by atoms with Gasteiger partial charge in [-0.05, 0) is 25.3 Å². The van der Waals surface area contributed by atoms with Gasteiger partial charge in [0.15, 0.2) is 0 Å². The van der Waals surface area contributed by atoms with Crippen molar-refractivity contribution in [2.75, 3.05) is 26.2 Å². The third-order valence-electron chi connectivity index (χ3n) is 2.71. The standard InChI is InChI=1S/C12H24N2O2/c1-4-7-14(11-5-6-13-8-11)12(15)16-9-10(2)3/h10-11,13H,4-9H2,1-3H3. The van der Waals surface area contributed by atoms with Gasteiger partial charge < -0.3 is 15.0 Å². The number of nitrogens with one attached hydrogen (secondary N) is 1. The minimum absolute atomic E-state index is 0.149. The molecule has 1 amide bonds. The minimum Gasteiger partial charge on any atom is -0.449 e. The number of nitrogens with zero attached hydrogens (tertiary/aromatic N) is 1. The molecule has 1 rings (SSSR count). The first kappa shape index (κ1) is 13.3. The lowest BCUT2D eigenvalue weighted by Gasteiger charge is -2.27. The summed E-state index contributed by atoms with van der Waals surface area (Å²) in [4.78, 5) is 13.8. The Morgan fingerprint density at radius 3 is 2.81 bits per heavy atom. The van der Waals surface area contributed by atoms with E-state index >= 15 is 0 Å². The van der Waals surface area contributed by atoms with Crippen molar-refractivity contribution >= 4 is 6.09 Å². The molecular weight excluding hydrogens is 204 g/mol. The fourth-order valence-corrected chi connectivity index (χ4v) is 1.89. The summed E-state index contributed by atoms with van der Waals surface area (Å²) in [6.45, 7) is 9.40. The number of hydrogen-bond acceptors (Lipinski definition) is 3. The largest absolute Gasteiger partial charge is 0.449 e. The van der Waals surface area contributed by atoms with E-state index < -0.39 is 0 Å². The van der Waals surface area contributed by atoms with Gasteiger partial charge in [0.05, 0.1) is 6.61 Å². The first-order valence-electron chi connectivity index (χ1n) is 6.29. The monoisotopic (exact) mass is 228 g/mol. The predicted molar refractivity (Wildman–Crippen MR) is 64.5 cm³/mol. The predicted octanol–water partition coefficient (Wildman–Crippen LogP) is 1.85. The van der Waals surface area contributed by atoms with Gasteiger partial charge in [0, 0.05) is 19.1 Å². The van der Waals surface area contributed by atoms with Crippen molar-refractivity contribution < 1.29 is 9.53 Å². The van der Waals surface area contributed by atoms with Crippen LogP contribution in [-0.4, -0.2) is 43.3 Å². The van der Waals surface area contributed by atoms with E-state index in [0.29, 0.717) is 18.6 Å². The maximum atomic E-state index is 11.9. The molecule has 0 bridgehead atoms. The van der Waals surface area contributed by atoms with Crippen molar-refractivity contribution in [3.8, 4) is 0 Å². The maximum Gasteiger partial charge on any atom is 0.410 e. The third-order valence-corrected chi connectivity index (χ3v) is 2.71. The number of carbonyl (C=O) groups excluding carboxylic acids is 1. The smallest absolute Gasteiger partial charge is 0.410 e.